The van der Waals surface area contributed by atoms with E-state index in [1.165, 1.54) is 6.20 Å². The van der Waals surface area contributed by atoms with E-state index in [0.717, 1.165) is 10.9 Å². The zero-order valence-electron chi connectivity index (χ0n) is 9.15. The van der Waals surface area contributed by atoms with Gasteiger partial charge >= 0.3 is 0 Å². The number of hydrogen-bond donors (Lipinski definition) is 1. The van der Waals surface area contributed by atoms with Crippen molar-refractivity contribution in [3.8, 4) is 0 Å². The van der Waals surface area contributed by atoms with Gasteiger partial charge in [-0.05, 0) is 35.3 Å². The largest absolute Gasteiger partial charge is 0.462 e. The van der Waals surface area contributed by atoms with Gasteiger partial charge in [-0.15, -0.1) is 0 Å². The Labute approximate surface area is 106 Å². The Morgan fingerprint density at radius 3 is 3.18 bits per heavy atom. The molecule has 90 valence electrons. The molecule has 4 nitrogen and oxygen atoms in total. The van der Waals surface area contributed by atoms with Gasteiger partial charge in [-0.25, -0.2) is 9.98 Å². The molecule has 0 radical (unpaired) electrons. The van der Waals surface area contributed by atoms with Gasteiger partial charge in [0.15, 0.2) is 0 Å². The molecule has 1 aliphatic carbocycles. The number of aliphatic imine (C=N–C) groups is 1. The van der Waals surface area contributed by atoms with Crippen LogP contribution in [0.1, 0.15) is 18.9 Å². The van der Waals surface area contributed by atoms with Crippen LogP contribution >= 0.6 is 15.9 Å². The molecular formula is C11H11BrFN3O. The first kappa shape index (κ1) is 11.0. The van der Waals surface area contributed by atoms with Gasteiger partial charge in [0.2, 0.25) is 5.95 Å². The lowest BCUT2D eigenvalue weighted by atomic mass is 9.88. The molecule has 3 rings (SSSR count). The molecule has 1 aromatic rings. The molecule has 0 amide bonds. The van der Waals surface area contributed by atoms with E-state index in [2.05, 4.69) is 25.9 Å². The van der Waals surface area contributed by atoms with Crippen molar-refractivity contribution < 1.29 is 9.13 Å². The van der Waals surface area contributed by atoms with Crippen LogP contribution in [0.15, 0.2) is 21.7 Å². The monoisotopic (exact) mass is 299 g/mol. The van der Waals surface area contributed by atoms with Crippen LogP contribution in [0.5, 0.6) is 0 Å². The number of ether oxygens (including phenoxy) is 1. The maximum absolute atomic E-state index is 13.8. The van der Waals surface area contributed by atoms with Crippen molar-refractivity contribution in [2.24, 2.45) is 16.6 Å². The first-order valence-corrected chi connectivity index (χ1v) is 6.13. The zero-order valence-corrected chi connectivity index (χ0v) is 10.7. The number of rotatable bonds is 1. The highest BCUT2D eigenvalue weighted by atomic mass is 79.9. The maximum Gasteiger partial charge on any atom is 0.283 e. The normalized spacial score (nSPS) is 34.6. The number of nitrogens with two attached hydrogens (primary N) is 1. The second-order valence-electron chi connectivity index (χ2n) is 4.59. The van der Waals surface area contributed by atoms with E-state index in [4.69, 9.17) is 10.5 Å². The topological polar surface area (TPSA) is 60.5 Å². The molecule has 2 aliphatic rings. The second-order valence-corrected chi connectivity index (χ2v) is 5.50. The van der Waals surface area contributed by atoms with Crippen LogP contribution in [0.2, 0.25) is 0 Å². The number of pyridine rings is 1. The summed E-state index contributed by atoms with van der Waals surface area (Å²) < 4.78 is 19.9. The Balaban J connectivity index is 2.13. The lowest BCUT2D eigenvalue weighted by Gasteiger charge is -2.29. The summed E-state index contributed by atoms with van der Waals surface area (Å²) in [6.45, 7) is 1.87. The molecule has 1 fully saturated rings. The summed E-state index contributed by atoms with van der Waals surface area (Å²) in [6.07, 6.45) is 2.35. The number of hydrogen-bond acceptors (Lipinski definition) is 4. The molecule has 1 aromatic heterocycles. The van der Waals surface area contributed by atoms with Crippen molar-refractivity contribution in [2.75, 3.05) is 0 Å². The van der Waals surface area contributed by atoms with Crippen molar-refractivity contribution >= 4 is 22.0 Å². The summed E-state index contributed by atoms with van der Waals surface area (Å²) in [5, 5.41) is 0. The molecule has 1 saturated carbocycles. The highest BCUT2D eigenvalue weighted by Crippen LogP contribution is 2.53. The van der Waals surface area contributed by atoms with E-state index in [1.54, 1.807) is 6.07 Å². The van der Waals surface area contributed by atoms with Gasteiger partial charge < -0.3 is 10.5 Å². The number of nitrogens with zero attached hydrogens (tertiary/aromatic N) is 2. The third kappa shape index (κ3) is 1.62. The van der Waals surface area contributed by atoms with E-state index >= 15 is 0 Å². The van der Waals surface area contributed by atoms with E-state index in [0.29, 0.717) is 5.56 Å². The third-order valence-electron chi connectivity index (χ3n) is 3.42. The van der Waals surface area contributed by atoms with Crippen LogP contribution in [-0.2, 0) is 10.3 Å². The maximum atomic E-state index is 13.8. The first-order valence-electron chi connectivity index (χ1n) is 5.34. The van der Waals surface area contributed by atoms with Gasteiger partial charge in [0.25, 0.3) is 6.02 Å². The van der Waals surface area contributed by atoms with Crippen LogP contribution in [0.4, 0.5) is 4.39 Å². The summed E-state index contributed by atoms with van der Waals surface area (Å²) in [5.74, 6) is -0.319. The Morgan fingerprint density at radius 2 is 2.41 bits per heavy atom. The molecule has 0 bridgehead atoms. The van der Waals surface area contributed by atoms with Gasteiger partial charge in [-0.1, -0.05) is 0 Å². The average Bonchev–Trinajstić information content (AvgIpc) is 3.01. The van der Waals surface area contributed by atoms with Crippen molar-refractivity contribution in [2.45, 2.75) is 25.0 Å². The Bertz CT molecular complexity index is 521. The second kappa shape index (κ2) is 3.41. The fourth-order valence-corrected chi connectivity index (χ4v) is 2.76. The van der Waals surface area contributed by atoms with Crippen molar-refractivity contribution in [1.29, 1.82) is 0 Å². The summed E-state index contributed by atoms with van der Waals surface area (Å²) in [4.78, 5) is 7.99. The molecule has 3 unspecified atom stereocenters. The Kier molecular flexibility index (Phi) is 2.20. The zero-order chi connectivity index (χ0) is 12.2. The Hall–Kier alpha value is -1.17. The summed E-state index contributed by atoms with van der Waals surface area (Å²) in [6, 6.07) is 1.84. The van der Waals surface area contributed by atoms with E-state index in [-0.39, 0.29) is 18.0 Å². The molecule has 6 heteroatoms. The quantitative estimate of drug-likeness (QED) is 0.806. The highest BCUT2D eigenvalue weighted by molar-refractivity contribution is 9.10. The predicted molar refractivity (Wildman–Crippen MR) is 63.8 cm³/mol. The molecule has 1 aliphatic heterocycles. The van der Waals surface area contributed by atoms with Crippen LogP contribution in [0, 0.1) is 11.9 Å². The summed E-state index contributed by atoms with van der Waals surface area (Å²) in [7, 11) is 0. The smallest absolute Gasteiger partial charge is 0.283 e. The van der Waals surface area contributed by atoms with Crippen LogP contribution < -0.4 is 5.73 Å². The van der Waals surface area contributed by atoms with Crippen molar-refractivity contribution in [1.82, 2.24) is 4.98 Å². The molecule has 2 heterocycles. The molecule has 17 heavy (non-hydrogen) atoms. The van der Waals surface area contributed by atoms with Gasteiger partial charge in [0.1, 0.15) is 6.10 Å². The molecule has 0 aromatic carbocycles. The van der Waals surface area contributed by atoms with Gasteiger partial charge in [0.05, 0.1) is 5.54 Å². The molecule has 0 spiro atoms. The van der Waals surface area contributed by atoms with E-state index in [9.17, 15) is 4.39 Å². The van der Waals surface area contributed by atoms with Crippen LogP contribution in [-0.4, -0.2) is 17.1 Å². The molecule has 3 atom stereocenters. The lowest BCUT2D eigenvalue weighted by molar-refractivity contribution is 0.201. The van der Waals surface area contributed by atoms with Gasteiger partial charge in [0, 0.05) is 22.2 Å². The average molecular weight is 300 g/mol. The minimum Gasteiger partial charge on any atom is -0.462 e. The molecular weight excluding hydrogens is 289 g/mol. The van der Waals surface area contributed by atoms with Crippen LogP contribution in [0.3, 0.4) is 0 Å². The number of amidine groups is 1. The first-order chi connectivity index (χ1) is 8.00. The highest BCUT2D eigenvalue weighted by Gasteiger charge is 2.57. The standard InChI is InChI=1S/C11H11BrFN3O/c1-11(6-3-8(6)17-10(14)16-11)7-2-5(12)4-15-9(7)13/h2,4,6,8H,3H2,1H3,(H2,14,16). The number of aromatic nitrogens is 1. The van der Waals surface area contributed by atoms with Gasteiger partial charge in [-0.2, -0.15) is 4.39 Å². The predicted octanol–water partition coefficient (Wildman–Crippen LogP) is 1.93. The minimum absolute atomic E-state index is 0.0656. The Morgan fingerprint density at radius 1 is 1.65 bits per heavy atom. The fourth-order valence-electron chi connectivity index (χ4n) is 2.42. The van der Waals surface area contributed by atoms with Crippen molar-refractivity contribution in [3.63, 3.8) is 0 Å². The molecule has 2 N–H and O–H groups in total. The summed E-state index contributed by atoms with van der Waals surface area (Å²) in [5.41, 5.74) is 5.42. The SMILES string of the molecule is CC1(c2cc(Br)cnc2F)N=C(N)OC2CC21. The number of halogens is 2. The van der Waals surface area contributed by atoms with Crippen LogP contribution in [0.25, 0.3) is 0 Å². The summed E-state index contributed by atoms with van der Waals surface area (Å²) >= 11 is 3.30. The number of fused-ring (bicyclic) bond motifs is 1. The molecule has 0 saturated heterocycles. The van der Waals surface area contributed by atoms with Crippen molar-refractivity contribution in [3.05, 3.63) is 28.2 Å². The fraction of sp³-hybridized carbons (Fsp3) is 0.455. The third-order valence-corrected chi connectivity index (χ3v) is 3.85. The van der Waals surface area contributed by atoms with E-state index < -0.39 is 11.5 Å². The lowest BCUT2D eigenvalue weighted by Crippen LogP contribution is -2.35. The minimum atomic E-state index is -0.673. The van der Waals surface area contributed by atoms with E-state index in [1.807, 2.05) is 6.92 Å². The van der Waals surface area contributed by atoms with Gasteiger partial charge in [-0.3, -0.25) is 0 Å².